The second-order valence-corrected chi connectivity index (χ2v) is 8.84. The van der Waals surface area contributed by atoms with Crippen LogP contribution in [0.25, 0.3) is 0 Å². The maximum absolute atomic E-state index is 12.4. The van der Waals surface area contributed by atoms with Crippen LogP contribution in [0.1, 0.15) is 16.8 Å². The number of benzene rings is 1. The molecule has 0 atom stereocenters. The second kappa shape index (κ2) is 29.4. The molecule has 0 amide bonds. The maximum Gasteiger partial charge on any atom is 0.338 e. The molecule has 0 saturated heterocycles. The Bertz CT molecular complexity index is 810. The summed E-state index contributed by atoms with van der Waals surface area (Å²) in [5.74, 6) is 0.380. The maximum atomic E-state index is 12.4. The first-order valence-electron chi connectivity index (χ1n) is 14.8. The summed E-state index contributed by atoms with van der Waals surface area (Å²) >= 11 is 0. The van der Waals surface area contributed by atoms with Crippen molar-refractivity contribution in [2.24, 2.45) is 0 Å². The Hall–Kier alpha value is -2.27. The van der Waals surface area contributed by atoms with Crippen molar-refractivity contribution in [1.82, 2.24) is 0 Å². The highest BCUT2D eigenvalue weighted by atomic mass is 16.6. The fraction of sp³-hybridized carbons (Fsp3) is 0.767. The fourth-order valence-electron chi connectivity index (χ4n) is 3.35. The van der Waals surface area contributed by atoms with E-state index in [-0.39, 0.29) is 25.4 Å². The summed E-state index contributed by atoms with van der Waals surface area (Å²) in [4.78, 5) is 12.4. The Morgan fingerprint density at radius 3 is 1.23 bits per heavy atom. The van der Waals surface area contributed by atoms with E-state index in [2.05, 4.69) is 0 Å². The summed E-state index contributed by atoms with van der Waals surface area (Å²) in [7, 11) is 6.20. The van der Waals surface area contributed by atoms with Gasteiger partial charge in [0, 0.05) is 34.5 Å². The van der Waals surface area contributed by atoms with Crippen molar-refractivity contribution in [2.75, 3.05) is 147 Å². The second-order valence-electron chi connectivity index (χ2n) is 8.84. The molecule has 256 valence electrons. The highest BCUT2D eigenvalue weighted by Crippen LogP contribution is 2.39. The van der Waals surface area contributed by atoms with Gasteiger partial charge in [0.1, 0.15) is 19.8 Å². The molecule has 44 heavy (non-hydrogen) atoms. The SMILES string of the molecule is COCCCOCCOCCOc1cc(C(=O)OC)cc(OCCOCCOCCOC)c1OCCOCCOCCOC. The van der Waals surface area contributed by atoms with Gasteiger partial charge in [0.2, 0.25) is 5.75 Å². The first kappa shape index (κ1) is 39.8. The lowest BCUT2D eigenvalue weighted by atomic mass is 10.2. The molecule has 0 spiro atoms. The number of esters is 1. The Labute approximate surface area is 261 Å². The number of methoxy groups -OCH3 is 4. The van der Waals surface area contributed by atoms with E-state index in [1.165, 1.54) is 7.11 Å². The molecule has 1 aromatic rings. The highest BCUT2D eigenvalue weighted by Gasteiger charge is 2.19. The molecular weight excluding hydrogens is 584 g/mol. The topological polar surface area (TPSA) is 137 Å². The molecule has 1 rings (SSSR count). The van der Waals surface area contributed by atoms with Crippen LogP contribution >= 0.6 is 0 Å². The summed E-state index contributed by atoms with van der Waals surface area (Å²) in [5.41, 5.74) is 0.243. The number of hydrogen-bond donors (Lipinski definition) is 0. The summed E-state index contributed by atoms with van der Waals surface area (Å²) in [6.45, 7) is 7.36. The van der Waals surface area contributed by atoms with Crippen molar-refractivity contribution < 1.29 is 66.4 Å². The standard InChI is InChI=1S/C30H52O14/c1-32-6-5-7-36-12-13-39-18-21-42-27-24-26(30(31)35-4)25-28(43-22-19-40-16-14-37-10-8-33-2)29(27)44-23-20-41-17-15-38-11-9-34-3/h24-25H,5-23H2,1-4H3. The third-order valence-corrected chi connectivity index (χ3v) is 5.50. The monoisotopic (exact) mass is 636 g/mol. The molecule has 0 unspecified atom stereocenters. The molecule has 14 nitrogen and oxygen atoms in total. The Balaban J connectivity index is 2.73. The van der Waals surface area contributed by atoms with Crippen LogP contribution in [0.15, 0.2) is 12.1 Å². The lowest BCUT2D eigenvalue weighted by Crippen LogP contribution is -2.16. The zero-order valence-corrected chi connectivity index (χ0v) is 26.8. The third-order valence-electron chi connectivity index (χ3n) is 5.50. The van der Waals surface area contributed by atoms with E-state index >= 15 is 0 Å². The van der Waals surface area contributed by atoms with E-state index in [0.717, 1.165) is 6.42 Å². The first-order chi connectivity index (χ1) is 21.7. The normalized spacial score (nSPS) is 11.1. The van der Waals surface area contributed by atoms with Crippen LogP contribution in [-0.4, -0.2) is 153 Å². The van der Waals surface area contributed by atoms with Gasteiger partial charge in [-0.15, -0.1) is 0 Å². The molecule has 0 bridgehead atoms. The average molecular weight is 637 g/mol. The Kier molecular flexibility index (Phi) is 26.6. The number of carbonyl (C=O) groups excluding carboxylic acids is 1. The van der Waals surface area contributed by atoms with Gasteiger partial charge >= 0.3 is 5.97 Å². The lowest BCUT2D eigenvalue weighted by Gasteiger charge is -2.18. The van der Waals surface area contributed by atoms with Gasteiger partial charge in [-0.2, -0.15) is 0 Å². The summed E-state index contributed by atoms with van der Waals surface area (Å²) < 4.78 is 70.8. The third kappa shape index (κ3) is 20.6. The van der Waals surface area contributed by atoms with Crippen molar-refractivity contribution in [3.8, 4) is 17.2 Å². The van der Waals surface area contributed by atoms with Crippen LogP contribution < -0.4 is 14.2 Å². The van der Waals surface area contributed by atoms with Gasteiger partial charge in [-0.3, -0.25) is 0 Å². The molecule has 1 aromatic carbocycles. The molecule has 0 radical (unpaired) electrons. The minimum Gasteiger partial charge on any atom is -0.487 e. The minimum absolute atomic E-state index is 0.196. The smallest absolute Gasteiger partial charge is 0.338 e. The highest BCUT2D eigenvalue weighted by molar-refractivity contribution is 5.91. The van der Waals surface area contributed by atoms with Gasteiger partial charge in [0.15, 0.2) is 11.5 Å². The van der Waals surface area contributed by atoms with Crippen LogP contribution in [0.5, 0.6) is 17.2 Å². The summed E-state index contributed by atoms with van der Waals surface area (Å²) in [6.07, 6.45) is 0.825. The fourth-order valence-corrected chi connectivity index (χ4v) is 3.35. The largest absolute Gasteiger partial charge is 0.487 e. The molecule has 0 aliphatic rings. The molecule has 0 aliphatic carbocycles. The van der Waals surface area contributed by atoms with Crippen LogP contribution in [0.3, 0.4) is 0 Å². The van der Waals surface area contributed by atoms with E-state index in [1.807, 2.05) is 0 Å². The molecule has 0 saturated carbocycles. The lowest BCUT2D eigenvalue weighted by molar-refractivity contribution is 0.0154. The predicted octanol–water partition coefficient (Wildman–Crippen LogP) is 2.04. The first-order valence-corrected chi connectivity index (χ1v) is 14.8. The minimum atomic E-state index is -0.547. The molecule has 0 heterocycles. The van der Waals surface area contributed by atoms with Crippen LogP contribution in [0.2, 0.25) is 0 Å². The Morgan fingerprint density at radius 2 is 0.818 bits per heavy atom. The van der Waals surface area contributed by atoms with Gasteiger partial charge in [-0.25, -0.2) is 4.79 Å². The Morgan fingerprint density at radius 1 is 0.455 bits per heavy atom. The number of rotatable bonds is 32. The molecule has 0 aliphatic heterocycles. The van der Waals surface area contributed by atoms with E-state index in [9.17, 15) is 4.79 Å². The summed E-state index contributed by atoms with van der Waals surface area (Å²) in [5, 5.41) is 0. The van der Waals surface area contributed by atoms with E-state index in [0.29, 0.717) is 116 Å². The zero-order chi connectivity index (χ0) is 31.9. The van der Waals surface area contributed by atoms with Gasteiger partial charge in [0.05, 0.1) is 98.6 Å². The van der Waals surface area contributed by atoms with Gasteiger partial charge < -0.3 is 61.6 Å². The number of carbonyl (C=O) groups is 1. The van der Waals surface area contributed by atoms with Crippen molar-refractivity contribution in [2.45, 2.75) is 6.42 Å². The molecular formula is C30H52O14. The van der Waals surface area contributed by atoms with Gasteiger partial charge in [0.25, 0.3) is 0 Å². The van der Waals surface area contributed by atoms with Crippen LogP contribution in [0.4, 0.5) is 0 Å². The number of hydrogen-bond acceptors (Lipinski definition) is 14. The zero-order valence-electron chi connectivity index (χ0n) is 26.8. The van der Waals surface area contributed by atoms with Crippen LogP contribution in [0, 0.1) is 0 Å². The quantitative estimate of drug-likeness (QED) is 0.0842. The molecule has 0 N–H and O–H groups in total. The van der Waals surface area contributed by atoms with Crippen molar-refractivity contribution >= 4 is 5.97 Å². The van der Waals surface area contributed by atoms with E-state index < -0.39 is 5.97 Å². The van der Waals surface area contributed by atoms with E-state index in [4.69, 9.17) is 61.6 Å². The number of ether oxygens (including phenoxy) is 13. The predicted molar refractivity (Wildman–Crippen MR) is 159 cm³/mol. The van der Waals surface area contributed by atoms with Crippen molar-refractivity contribution in [1.29, 1.82) is 0 Å². The van der Waals surface area contributed by atoms with Gasteiger partial charge in [-0.1, -0.05) is 0 Å². The van der Waals surface area contributed by atoms with Crippen molar-refractivity contribution in [3.63, 3.8) is 0 Å². The van der Waals surface area contributed by atoms with E-state index in [1.54, 1.807) is 33.5 Å². The molecule has 0 fully saturated rings. The average Bonchev–Trinajstić information content (AvgIpc) is 3.04. The van der Waals surface area contributed by atoms with Crippen LogP contribution in [-0.2, 0) is 47.4 Å². The molecule has 0 aromatic heterocycles. The summed E-state index contributed by atoms with van der Waals surface area (Å²) in [6, 6.07) is 3.09. The van der Waals surface area contributed by atoms with Gasteiger partial charge in [-0.05, 0) is 18.6 Å². The van der Waals surface area contributed by atoms with Crippen molar-refractivity contribution in [3.05, 3.63) is 17.7 Å². The molecule has 14 heteroatoms.